The Morgan fingerprint density at radius 3 is 2.53 bits per heavy atom. The summed E-state index contributed by atoms with van der Waals surface area (Å²) in [4.78, 5) is 14.2. The van der Waals surface area contributed by atoms with Crippen LogP contribution in [0.4, 0.5) is 0 Å². The van der Waals surface area contributed by atoms with Crippen molar-refractivity contribution < 1.29 is 19.0 Å². The van der Waals surface area contributed by atoms with Crippen LogP contribution in [0, 0.1) is 0 Å². The number of rotatable bonds is 4. The Bertz CT molecular complexity index is 962. The highest BCUT2D eigenvalue weighted by Crippen LogP contribution is 2.40. The summed E-state index contributed by atoms with van der Waals surface area (Å²) < 4.78 is 18.0. The molecule has 2 heterocycles. The number of nitrogens with two attached hydrogens (primary N) is 1. The number of hydrogen-bond donors (Lipinski definition) is 1. The third-order valence-electron chi connectivity index (χ3n) is 6.80. The quantitative estimate of drug-likeness (QED) is 0.835. The average molecular weight is 408 g/mol. The molecule has 0 unspecified atom stereocenters. The van der Waals surface area contributed by atoms with Crippen LogP contribution in [0.2, 0.25) is 0 Å². The van der Waals surface area contributed by atoms with E-state index in [0.29, 0.717) is 17.9 Å². The van der Waals surface area contributed by atoms with E-state index in [0.717, 1.165) is 54.4 Å². The molecule has 2 aliphatic heterocycles. The van der Waals surface area contributed by atoms with E-state index in [4.69, 9.17) is 19.9 Å². The molecular formula is C24H28N2O4. The summed E-state index contributed by atoms with van der Waals surface area (Å²) in [6, 6.07) is 12.4. The minimum Gasteiger partial charge on any atom is -0.496 e. The summed E-state index contributed by atoms with van der Waals surface area (Å²) in [5.74, 6) is 0.394. The highest BCUT2D eigenvalue weighted by Gasteiger charge is 2.42. The maximum absolute atomic E-state index is 11.6. The zero-order chi connectivity index (χ0) is 20.7. The van der Waals surface area contributed by atoms with Crippen LogP contribution in [0.25, 0.3) is 11.1 Å². The van der Waals surface area contributed by atoms with Crippen LogP contribution < -0.4 is 15.2 Å². The van der Waals surface area contributed by atoms with Crippen LogP contribution in [0.1, 0.15) is 48.0 Å². The number of carbonyl (C=O) groups excluding carboxylic acids is 1. The molecule has 0 bridgehead atoms. The minimum atomic E-state index is -0.501. The van der Waals surface area contributed by atoms with Gasteiger partial charge in [0.15, 0.2) is 0 Å². The number of likely N-dealkylation sites (tertiary alicyclic amines) is 1. The number of nitrogens with zero attached hydrogens (tertiary/aromatic N) is 1. The maximum atomic E-state index is 11.6. The second kappa shape index (κ2) is 7.60. The van der Waals surface area contributed by atoms with E-state index in [2.05, 4.69) is 11.0 Å². The van der Waals surface area contributed by atoms with Crippen LogP contribution in [0.3, 0.4) is 0 Å². The van der Waals surface area contributed by atoms with Gasteiger partial charge in [-0.25, -0.2) is 0 Å². The monoisotopic (exact) mass is 408 g/mol. The highest BCUT2D eigenvalue weighted by molar-refractivity contribution is 5.96. The van der Waals surface area contributed by atoms with Crippen LogP contribution >= 0.6 is 0 Å². The van der Waals surface area contributed by atoms with Crippen LogP contribution in [-0.4, -0.2) is 42.8 Å². The minimum absolute atomic E-state index is 0.376. The van der Waals surface area contributed by atoms with Crippen molar-refractivity contribution in [2.24, 2.45) is 5.73 Å². The molecule has 1 spiro atoms. The SMILES string of the molecule is COc1cc(-c2ccc3c(c2)COC2(CCN(C4CCC4)CC2)O3)ccc1C(N)=O. The van der Waals surface area contributed by atoms with Crippen molar-refractivity contribution in [3.05, 3.63) is 47.5 Å². The van der Waals surface area contributed by atoms with Gasteiger partial charge in [0.05, 0.1) is 19.3 Å². The van der Waals surface area contributed by atoms with Gasteiger partial charge >= 0.3 is 0 Å². The zero-order valence-corrected chi connectivity index (χ0v) is 17.4. The zero-order valence-electron chi connectivity index (χ0n) is 17.4. The molecule has 158 valence electrons. The largest absolute Gasteiger partial charge is 0.496 e. The molecule has 6 nitrogen and oxygen atoms in total. The molecule has 5 rings (SSSR count). The molecular weight excluding hydrogens is 380 g/mol. The van der Waals surface area contributed by atoms with Crippen molar-refractivity contribution in [2.75, 3.05) is 20.2 Å². The lowest BCUT2D eigenvalue weighted by molar-refractivity contribution is -0.231. The first-order valence-electron chi connectivity index (χ1n) is 10.8. The van der Waals surface area contributed by atoms with Gasteiger partial charge in [0.25, 0.3) is 5.91 Å². The second-order valence-corrected chi connectivity index (χ2v) is 8.52. The topological polar surface area (TPSA) is 74.0 Å². The lowest BCUT2D eigenvalue weighted by Crippen LogP contribution is -2.54. The van der Waals surface area contributed by atoms with E-state index in [1.54, 1.807) is 6.07 Å². The van der Waals surface area contributed by atoms with Crippen molar-refractivity contribution in [1.82, 2.24) is 4.90 Å². The second-order valence-electron chi connectivity index (χ2n) is 8.52. The molecule has 0 radical (unpaired) electrons. The van der Waals surface area contributed by atoms with Crippen LogP contribution in [0.15, 0.2) is 36.4 Å². The molecule has 2 fully saturated rings. The van der Waals surface area contributed by atoms with Crippen molar-refractivity contribution >= 4 is 5.91 Å². The van der Waals surface area contributed by atoms with E-state index >= 15 is 0 Å². The Morgan fingerprint density at radius 1 is 1.13 bits per heavy atom. The number of fused-ring (bicyclic) bond motifs is 1. The van der Waals surface area contributed by atoms with Crippen molar-refractivity contribution in [1.29, 1.82) is 0 Å². The molecule has 2 aromatic rings. The first-order valence-corrected chi connectivity index (χ1v) is 10.8. The predicted molar refractivity (Wildman–Crippen MR) is 114 cm³/mol. The summed E-state index contributed by atoms with van der Waals surface area (Å²) in [5, 5.41) is 0. The average Bonchev–Trinajstić information content (AvgIpc) is 2.73. The van der Waals surface area contributed by atoms with Crippen molar-refractivity contribution in [3.63, 3.8) is 0 Å². The number of ether oxygens (including phenoxy) is 3. The fourth-order valence-electron chi connectivity index (χ4n) is 4.71. The van der Waals surface area contributed by atoms with Gasteiger partial charge in [-0.05, 0) is 48.2 Å². The molecule has 0 atom stereocenters. The summed E-state index contributed by atoms with van der Waals surface area (Å²) in [6.07, 6.45) is 5.87. The number of carbonyl (C=O) groups is 1. The number of methoxy groups -OCH3 is 1. The first kappa shape index (κ1) is 19.4. The maximum Gasteiger partial charge on any atom is 0.252 e. The Morgan fingerprint density at radius 2 is 1.87 bits per heavy atom. The van der Waals surface area contributed by atoms with E-state index in [1.807, 2.05) is 24.3 Å². The van der Waals surface area contributed by atoms with Crippen LogP contribution in [-0.2, 0) is 11.3 Å². The first-order chi connectivity index (χ1) is 14.6. The highest BCUT2D eigenvalue weighted by atomic mass is 16.7. The standard InChI is InChI=1S/C24H28N2O4/c1-28-22-14-17(5-7-20(22)23(25)27)16-6-8-21-18(13-16)15-29-24(30-21)9-11-26(12-10-24)19-3-2-4-19/h5-8,13-14,19H,2-4,9-12,15H2,1H3,(H2,25,27). The Labute approximate surface area is 176 Å². The van der Waals surface area contributed by atoms with Gasteiger partial charge in [-0.15, -0.1) is 0 Å². The molecule has 3 aliphatic rings. The van der Waals surface area contributed by atoms with E-state index < -0.39 is 11.7 Å². The number of benzene rings is 2. The van der Waals surface area contributed by atoms with E-state index in [1.165, 1.54) is 26.4 Å². The summed E-state index contributed by atoms with van der Waals surface area (Å²) in [5.41, 5.74) is 8.81. The van der Waals surface area contributed by atoms with Crippen LogP contribution in [0.5, 0.6) is 11.5 Å². The molecule has 1 saturated carbocycles. The summed E-state index contributed by atoms with van der Waals surface area (Å²) in [6.45, 7) is 2.64. The molecule has 1 saturated heterocycles. The number of piperidine rings is 1. The van der Waals surface area contributed by atoms with Gasteiger partial charge < -0.3 is 19.9 Å². The van der Waals surface area contributed by atoms with Gasteiger partial charge in [0.2, 0.25) is 5.79 Å². The van der Waals surface area contributed by atoms with Crippen molar-refractivity contribution in [2.45, 2.75) is 50.5 Å². The third kappa shape index (κ3) is 3.44. The third-order valence-corrected chi connectivity index (χ3v) is 6.80. The smallest absolute Gasteiger partial charge is 0.252 e. The number of hydrogen-bond acceptors (Lipinski definition) is 5. The predicted octanol–water partition coefficient (Wildman–Crippen LogP) is 3.71. The normalized spacial score (nSPS) is 20.8. The summed E-state index contributed by atoms with van der Waals surface area (Å²) >= 11 is 0. The fourth-order valence-corrected chi connectivity index (χ4v) is 4.71. The Hall–Kier alpha value is -2.57. The Kier molecular flexibility index (Phi) is 4.91. The van der Waals surface area contributed by atoms with Gasteiger partial charge in [-0.2, -0.15) is 0 Å². The van der Waals surface area contributed by atoms with Gasteiger partial charge in [0.1, 0.15) is 11.5 Å². The van der Waals surface area contributed by atoms with Gasteiger partial charge in [-0.1, -0.05) is 18.6 Å². The lowest BCUT2D eigenvalue weighted by Gasteiger charge is -2.47. The summed E-state index contributed by atoms with van der Waals surface area (Å²) in [7, 11) is 1.54. The number of amides is 1. The van der Waals surface area contributed by atoms with Gasteiger partial charge in [0, 0.05) is 37.5 Å². The molecule has 6 heteroatoms. The van der Waals surface area contributed by atoms with E-state index in [9.17, 15) is 4.79 Å². The van der Waals surface area contributed by atoms with Gasteiger partial charge in [-0.3, -0.25) is 9.69 Å². The number of primary amides is 1. The molecule has 2 aromatic carbocycles. The lowest BCUT2D eigenvalue weighted by atomic mass is 9.89. The van der Waals surface area contributed by atoms with Crippen molar-refractivity contribution in [3.8, 4) is 22.6 Å². The molecule has 0 aromatic heterocycles. The van der Waals surface area contributed by atoms with E-state index in [-0.39, 0.29) is 0 Å². The molecule has 1 aliphatic carbocycles. The molecule has 2 N–H and O–H groups in total. The fraction of sp³-hybridized carbons (Fsp3) is 0.458. The molecule has 1 amide bonds. The molecule has 30 heavy (non-hydrogen) atoms. The Balaban J connectivity index is 1.33.